The number of hydrogen-bond donors (Lipinski definition) is 2. The van der Waals surface area contributed by atoms with Gasteiger partial charge in [-0.1, -0.05) is 0 Å². The van der Waals surface area contributed by atoms with Crippen molar-refractivity contribution in [2.24, 2.45) is 0 Å². The minimum absolute atomic E-state index is 0.0727. The van der Waals surface area contributed by atoms with Gasteiger partial charge in [-0.2, -0.15) is 0 Å². The number of thiophene rings is 1. The summed E-state index contributed by atoms with van der Waals surface area (Å²) in [6.45, 7) is 0.103. The number of nitrogens with one attached hydrogen (secondary N) is 1. The molecule has 108 valence electrons. The molecule has 0 fully saturated rings. The Morgan fingerprint density at radius 3 is 3.05 bits per heavy atom. The maximum atomic E-state index is 12.1. The minimum atomic E-state index is -0.471. The van der Waals surface area contributed by atoms with Crippen molar-refractivity contribution < 1.29 is 9.42 Å². The Labute approximate surface area is 121 Å². The fourth-order valence-electron chi connectivity index (χ4n) is 1.82. The summed E-state index contributed by atoms with van der Waals surface area (Å²) in [4.78, 5) is 32.2. The molecule has 0 aliphatic heterocycles. The van der Waals surface area contributed by atoms with Crippen molar-refractivity contribution in [2.75, 3.05) is 12.8 Å². The Kier molecular flexibility index (Phi) is 3.14. The SMILES string of the molecule is CN(Cc1nc2ccsc2c(=O)[nH]1)C(=O)c1nonc1N. The van der Waals surface area contributed by atoms with E-state index >= 15 is 0 Å². The van der Waals surface area contributed by atoms with Gasteiger partial charge in [0.1, 0.15) is 10.5 Å². The van der Waals surface area contributed by atoms with E-state index in [0.29, 0.717) is 16.0 Å². The summed E-state index contributed by atoms with van der Waals surface area (Å²) in [5, 5.41) is 8.58. The molecule has 0 atom stereocenters. The van der Waals surface area contributed by atoms with Gasteiger partial charge in [-0.05, 0) is 21.8 Å². The lowest BCUT2D eigenvalue weighted by Crippen LogP contribution is -2.29. The third-order valence-electron chi connectivity index (χ3n) is 2.81. The number of hydrogen-bond acceptors (Lipinski definition) is 8. The van der Waals surface area contributed by atoms with E-state index in [4.69, 9.17) is 5.73 Å². The van der Waals surface area contributed by atoms with Crippen LogP contribution in [0, 0.1) is 0 Å². The lowest BCUT2D eigenvalue weighted by atomic mass is 10.3. The van der Waals surface area contributed by atoms with E-state index in [1.54, 1.807) is 11.4 Å². The molecule has 0 saturated heterocycles. The topological polar surface area (TPSA) is 131 Å². The van der Waals surface area contributed by atoms with Gasteiger partial charge in [0.15, 0.2) is 0 Å². The molecular formula is C11H10N6O3S. The molecule has 3 aromatic heterocycles. The fourth-order valence-corrected chi connectivity index (χ4v) is 2.54. The van der Waals surface area contributed by atoms with Crippen LogP contribution in [0.15, 0.2) is 20.9 Å². The van der Waals surface area contributed by atoms with Gasteiger partial charge >= 0.3 is 0 Å². The Morgan fingerprint density at radius 2 is 2.33 bits per heavy atom. The maximum Gasteiger partial charge on any atom is 0.280 e. The highest BCUT2D eigenvalue weighted by Gasteiger charge is 2.21. The molecule has 3 rings (SSSR count). The van der Waals surface area contributed by atoms with Crippen LogP contribution in [0.5, 0.6) is 0 Å². The fraction of sp³-hybridized carbons (Fsp3) is 0.182. The summed E-state index contributed by atoms with van der Waals surface area (Å²) in [7, 11) is 1.54. The number of carbonyl (C=O) groups is 1. The third-order valence-corrected chi connectivity index (χ3v) is 3.72. The molecule has 0 aromatic carbocycles. The first-order chi connectivity index (χ1) is 10.1. The van der Waals surface area contributed by atoms with Gasteiger partial charge in [0.2, 0.25) is 11.5 Å². The molecule has 0 spiro atoms. The Hall–Kier alpha value is -2.75. The van der Waals surface area contributed by atoms with Crippen LogP contribution < -0.4 is 11.3 Å². The molecule has 0 aliphatic rings. The van der Waals surface area contributed by atoms with Crippen molar-refractivity contribution in [1.29, 1.82) is 0 Å². The zero-order valence-electron chi connectivity index (χ0n) is 10.9. The van der Waals surface area contributed by atoms with Crippen LogP contribution in [0.2, 0.25) is 0 Å². The Balaban J connectivity index is 1.86. The van der Waals surface area contributed by atoms with Crippen LogP contribution >= 0.6 is 11.3 Å². The summed E-state index contributed by atoms with van der Waals surface area (Å²) in [5.41, 5.74) is 5.77. The summed E-state index contributed by atoms with van der Waals surface area (Å²) < 4.78 is 4.94. The molecule has 9 nitrogen and oxygen atoms in total. The van der Waals surface area contributed by atoms with Crippen LogP contribution in [-0.2, 0) is 6.54 Å². The van der Waals surface area contributed by atoms with Gasteiger partial charge in [-0.3, -0.25) is 9.59 Å². The number of carbonyl (C=O) groups excluding carboxylic acids is 1. The van der Waals surface area contributed by atoms with Gasteiger partial charge in [-0.15, -0.1) is 11.3 Å². The quantitative estimate of drug-likeness (QED) is 0.707. The normalized spacial score (nSPS) is 10.9. The van der Waals surface area contributed by atoms with Crippen molar-refractivity contribution in [3.05, 3.63) is 33.3 Å². The van der Waals surface area contributed by atoms with E-state index in [-0.39, 0.29) is 23.6 Å². The molecule has 21 heavy (non-hydrogen) atoms. The number of fused-ring (bicyclic) bond motifs is 1. The maximum absolute atomic E-state index is 12.1. The molecule has 1 amide bonds. The number of aromatic nitrogens is 4. The van der Waals surface area contributed by atoms with Crippen molar-refractivity contribution in [3.8, 4) is 0 Å². The zero-order valence-corrected chi connectivity index (χ0v) is 11.7. The molecule has 3 N–H and O–H groups in total. The first-order valence-electron chi connectivity index (χ1n) is 5.86. The number of nitrogens with zero attached hydrogens (tertiary/aromatic N) is 4. The molecule has 0 saturated carbocycles. The summed E-state index contributed by atoms with van der Waals surface area (Å²) >= 11 is 1.31. The van der Waals surface area contributed by atoms with Gasteiger partial charge in [0.25, 0.3) is 11.5 Å². The second-order valence-electron chi connectivity index (χ2n) is 4.31. The number of nitrogen functional groups attached to an aromatic ring is 1. The molecule has 3 aromatic rings. The molecule has 0 unspecified atom stereocenters. The van der Waals surface area contributed by atoms with Crippen LogP contribution in [0.4, 0.5) is 5.82 Å². The van der Waals surface area contributed by atoms with Crippen LogP contribution in [0.25, 0.3) is 10.2 Å². The number of anilines is 1. The number of H-pyrrole nitrogens is 1. The van der Waals surface area contributed by atoms with E-state index in [0.717, 1.165) is 0 Å². The van der Waals surface area contributed by atoms with Crippen LogP contribution in [0.1, 0.15) is 16.3 Å². The number of rotatable bonds is 3. The van der Waals surface area contributed by atoms with Crippen molar-refractivity contribution in [2.45, 2.75) is 6.54 Å². The standard InChI is InChI=1S/C11H10N6O3S/c1-17(11(19)7-9(12)16-20-15-7)4-6-13-5-2-3-21-8(5)10(18)14-6/h2-3H,4H2,1H3,(H2,12,16)(H,13,14,18). The first kappa shape index (κ1) is 13.2. The Morgan fingerprint density at radius 1 is 1.52 bits per heavy atom. The third kappa shape index (κ3) is 2.36. The highest BCUT2D eigenvalue weighted by atomic mass is 32.1. The van der Waals surface area contributed by atoms with Crippen molar-refractivity contribution in [1.82, 2.24) is 25.2 Å². The molecule has 0 bridgehead atoms. The predicted molar refractivity (Wildman–Crippen MR) is 74.7 cm³/mol. The van der Waals surface area contributed by atoms with E-state index in [1.165, 1.54) is 23.3 Å². The van der Waals surface area contributed by atoms with Gasteiger partial charge in [-0.25, -0.2) is 9.61 Å². The monoisotopic (exact) mass is 306 g/mol. The Bertz CT molecular complexity index is 866. The van der Waals surface area contributed by atoms with E-state index in [9.17, 15) is 9.59 Å². The first-order valence-corrected chi connectivity index (χ1v) is 6.74. The second-order valence-corrected chi connectivity index (χ2v) is 5.22. The second kappa shape index (κ2) is 4.98. The van der Waals surface area contributed by atoms with Crippen LogP contribution in [-0.4, -0.2) is 38.1 Å². The summed E-state index contributed by atoms with van der Waals surface area (Å²) in [6, 6.07) is 1.75. The highest BCUT2D eigenvalue weighted by Crippen LogP contribution is 2.14. The smallest absolute Gasteiger partial charge is 0.280 e. The van der Waals surface area contributed by atoms with E-state index < -0.39 is 5.91 Å². The predicted octanol–water partition coefficient (Wildman–Crippen LogP) is 0.222. The number of nitrogens with two attached hydrogens (primary N) is 1. The van der Waals surface area contributed by atoms with Gasteiger partial charge in [0, 0.05) is 7.05 Å². The lowest BCUT2D eigenvalue weighted by molar-refractivity contribution is 0.0771. The zero-order chi connectivity index (χ0) is 15.0. The van der Waals surface area contributed by atoms with Crippen molar-refractivity contribution in [3.63, 3.8) is 0 Å². The highest BCUT2D eigenvalue weighted by molar-refractivity contribution is 7.17. The molecule has 0 aliphatic carbocycles. The van der Waals surface area contributed by atoms with Crippen molar-refractivity contribution >= 4 is 33.3 Å². The molecule has 0 radical (unpaired) electrons. The minimum Gasteiger partial charge on any atom is -0.379 e. The number of aromatic amines is 1. The lowest BCUT2D eigenvalue weighted by Gasteiger charge is -2.14. The largest absolute Gasteiger partial charge is 0.379 e. The van der Waals surface area contributed by atoms with Crippen LogP contribution in [0.3, 0.4) is 0 Å². The molecule has 10 heteroatoms. The molecule has 3 heterocycles. The van der Waals surface area contributed by atoms with Gasteiger partial charge < -0.3 is 15.6 Å². The van der Waals surface area contributed by atoms with Gasteiger partial charge in [0.05, 0.1) is 12.1 Å². The average molecular weight is 306 g/mol. The average Bonchev–Trinajstić information content (AvgIpc) is 3.06. The number of amides is 1. The summed E-state index contributed by atoms with van der Waals surface area (Å²) in [5.74, 6) is -0.180. The summed E-state index contributed by atoms with van der Waals surface area (Å²) in [6.07, 6.45) is 0. The van der Waals surface area contributed by atoms with E-state index in [1.807, 2.05) is 0 Å². The molecular weight excluding hydrogens is 296 g/mol. The van der Waals surface area contributed by atoms with E-state index in [2.05, 4.69) is 24.9 Å².